The van der Waals surface area contributed by atoms with Crippen LogP contribution in [0, 0.1) is 0 Å². The third kappa shape index (κ3) is 3.28. The van der Waals surface area contributed by atoms with Crippen LogP contribution < -0.4 is 0 Å². The SMILES string of the molecule is OC(Cc1ccc(Br)cc1)c1ncccc1Cl. The van der Waals surface area contributed by atoms with Crippen molar-refractivity contribution < 1.29 is 5.11 Å². The third-order valence-corrected chi connectivity index (χ3v) is 3.29. The summed E-state index contributed by atoms with van der Waals surface area (Å²) in [6.45, 7) is 0. The molecule has 0 saturated carbocycles. The summed E-state index contributed by atoms with van der Waals surface area (Å²) in [5.41, 5.74) is 1.57. The van der Waals surface area contributed by atoms with Gasteiger partial charge in [-0.2, -0.15) is 0 Å². The molecule has 17 heavy (non-hydrogen) atoms. The van der Waals surface area contributed by atoms with E-state index >= 15 is 0 Å². The van der Waals surface area contributed by atoms with Gasteiger partial charge in [0.15, 0.2) is 0 Å². The first-order valence-corrected chi connectivity index (χ1v) is 6.37. The summed E-state index contributed by atoms with van der Waals surface area (Å²) in [5, 5.41) is 10.6. The van der Waals surface area contributed by atoms with Crippen molar-refractivity contribution >= 4 is 27.5 Å². The summed E-state index contributed by atoms with van der Waals surface area (Å²) in [6.07, 6.45) is 1.46. The zero-order valence-electron chi connectivity index (χ0n) is 8.98. The monoisotopic (exact) mass is 311 g/mol. The number of aliphatic hydroxyl groups is 1. The molecule has 1 heterocycles. The second-order valence-corrected chi connectivity index (χ2v) is 5.04. The minimum Gasteiger partial charge on any atom is -0.386 e. The Labute approximate surface area is 113 Å². The number of pyridine rings is 1. The Kier molecular flexibility index (Phi) is 4.15. The molecule has 0 aliphatic carbocycles. The van der Waals surface area contributed by atoms with Gasteiger partial charge in [-0.25, -0.2) is 0 Å². The van der Waals surface area contributed by atoms with Crippen LogP contribution in [-0.2, 0) is 6.42 Å². The lowest BCUT2D eigenvalue weighted by Gasteiger charge is -2.11. The summed E-state index contributed by atoms with van der Waals surface area (Å²) >= 11 is 9.35. The van der Waals surface area contributed by atoms with Gasteiger partial charge >= 0.3 is 0 Å². The molecule has 0 aliphatic rings. The van der Waals surface area contributed by atoms with Crippen LogP contribution in [0.25, 0.3) is 0 Å². The molecular weight excluding hydrogens is 302 g/mol. The first-order chi connectivity index (χ1) is 8.16. The molecule has 0 aliphatic heterocycles. The van der Waals surface area contributed by atoms with Gasteiger partial charge in [0.1, 0.15) is 6.10 Å². The minimum absolute atomic E-state index is 0.497. The Hall–Kier alpha value is -0.900. The van der Waals surface area contributed by atoms with Crippen molar-refractivity contribution in [2.75, 3.05) is 0 Å². The van der Waals surface area contributed by atoms with Crippen molar-refractivity contribution in [3.8, 4) is 0 Å². The van der Waals surface area contributed by atoms with E-state index in [4.69, 9.17) is 11.6 Å². The molecular formula is C13H11BrClNO. The van der Waals surface area contributed by atoms with E-state index in [1.165, 1.54) is 0 Å². The third-order valence-electron chi connectivity index (χ3n) is 2.44. The van der Waals surface area contributed by atoms with Gasteiger partial charge in [-0.3, -0.25) is 4.98 Å². The topological polar surface area (TPSA) is 33.1 Å². The van der Waals surface area contributed by atoms with Crippen molar-refractivity contribution in [2.24, 2.45) is 0 Å². The van der Waals surface area contributed by atoms with E-state index in [1.54, 1.807) is 18.3 Å². The lowest BCUT2D eigenvalue weighted by Crippen LogP contribution is -2.04. The van der Waals surface area contributed by atoms with Gasteiger partial charge in [0.2, 0.25) is 0 Å². The maximum atomic E-state index is 10.1. The molecule has 1 N–H and O–H groups in total. The molecule has 1 aromatic carbocycles. The molecule has 0 bridgehead atoms. The van der Waals surface area contributed by atoms with Crippen LogP contribution in [-0.4, -0.2) is 10.1 Å². The fraction of sp³-hybridized carbons (Fsp3) is 0.154. The molecule has 2 aromatic rings. The molecule has 88 valence electrons. The highest BCUT2D eigenvalue weighted by molar-refractivity contribution is 9.10. The first-order valence-electron chi connectivity index (χ1n) is 5.20. The van der Waals surface area contributed by atoms with Crippen LogP contribution in [0.4, 0.5) is 0 Å². The second kappa shape index (κ2) is 5.63. The van der Waals surface area contributed by atoms with Gasteiger partial charge in [-0.1, -0.05) is 39.7 Å². The number of halogens is 2. The van der Waals surface area contributed by atoms with Crippen molar-refractivity contribution in [3.63, 3.8) is 0 Å². The maximum absolute atomic E-state index is 10.1. The average Bonchev–Trinajstić information content (AvgIpc) is 2.32. The van der Waals surface area contributed by atoms with Crippen molar-refractivity contribution in [2.45, 2.75) is 12.5 Å². The van der Waals surface area contributed by atoms with E-state index in [-0.39, 0.29) is 0 Å². The van der Waals surface area contributed by atoms with Crippen molar-refractivity contribution in [3.05, 3.63) is 63.3 Å². The van der Waals surface area contributed by atoms with Crippen LogP contribution in [0.2, 0.25) is 5.02 Å². The summed E-state index contributed by atoms with van der Waals surface area (Å²) in [4.78, 5) is 4.10. The van der Waals surface area contributed by atoms with E-state index in [0.717, 1.165) is 10.0 Å². The Bertz CT molecular complexity index is 501. The molecule has 4 heteroatoms. The fourth-order valence-corrected chi connectivity index (χ4v) is 2.10. The van der Waals surface area contributed by atoms with Crippen LogP contribution in [0.15, 0.2) is 47.1 Å². The minimum atomic E-state index is -0.676. The van der Waals surface area contributed by atoms with Gasteiger partial charge in [0.25, 0.3) is 0 Å². The summed E-state index contributed by atoms with van der Waals surface area (Å²) in [6, 6.07) is 11.3. The number of aliphatic hydroxyl groups excluding tert-OH is 1. The molecule has 0 saturated heterocycles. The van der Waals surface area contributed by atoms with Crippen molar-refractivity contribution in [1.29, 1.82) is 0 Å². The van der Waals surface area contributed by atoms with Crippen LogP contribution in [0.3, 0.4) is 0 Å². The van der Waals surface area contributed by atoms with E-state index < -0.39 is 6.10 Å². The largest absolute Gasteiger partial charge is 0.386 e. The Balaban J connectivity index is 2.14. The lowest BCUT2D eigenvalue weighted by molar-refractivity contribution is 0.173. The Morgan fingerprint density at radius 1 is 1.24 bits per heavy atom. The molecule has 0 amide bonds. The van der Waals surface area contributed by atoms with Gasteiger partial charge in [0, 0.05) is 17.1 Å². The van der Waals surface area contributed by atoms with Gasteiger partial charge < -0.3 is 5.11 Å². The molecule has 1 unspecified atom stereocenters. The normalized spacial score (nSPS) is 12.4. The summed E-state index contributed by atoms with van der Waals surface area (Å²) < 4.78 is 1.02. The smallest absolute Gasteiger partial charge is 0.101 e. The number of rotatable bonds is 3. The molecule has 2 nitrogen and oxygen atoms in total. The zero-order valence-corrected chi connectivity index (χ0v) is 11.3. The van der Waals surface area contributed by atoms with Crippen LogP contribution in [0.5, 0.6) is 0 Å². The van der Waals surface area contributed by atoms with Crippen LogP contribution in [0.1, 0.15) is 17.4 Å². The molecule has 1 aromatic heterocycles. The van der Waals surface area contributed by atoms with Gasteiger partial charge in [-0.05, 0) is 29.8 Å². The fourth-order valence-electron chi connectivity index (χ4n) is 1.58. The highest BCUT2D eigenvalue weighted by atomic mass is 79.9. The van der Waals surface area contributed by atoms with E-state index in [2.05, 4.69) is 20.9 Å². The number of hydrogen-bond donors (Lipinski definition) is 1. The lowest BCUT2D eigenvalue weighted by atomic mass is 10.1. The Morgan fingerprint density at radius 2 is 1.94 bits per heavy atom. The molecule has 2 rings (SSSR count). The van der Waals surface area contributed by atoms with Crippen molar-refractivity contribution in [1.82, 2.24) is 4.98 Å². The van der Waals surface area contributed by atoms with E-state index in [9.17, 15) is 5.11 Å². The zero-order chi connectivity index (χ0) is 12.3. The van der Waals surface area contributed by atoms with Crippen LogP contribution >= 0.6 is 27.5 Å². The number of nitrogens with zero attached hydrogens (tertiary/aromatic N) is 1. The second-order valence-electron chi connectivity index (χ2n) is 3.72. The molecule has 0 radical (unpaired) electrons. The number of benzene rings is 1. The van der Waals surface area contributed by atoms with E-state index in [0.29, 0.717) is 17.1 Å². The number of aromatic nitrogens is 1. The molecule has 0 fully saturated rings. The number of hydrogen-bond acceptors (Lipinski definition) is 2. The highest BCUT2D eigenvalue weighted by Gasteiger charge is 2.13. The average molecular weight is 313 g/mol. The van der Waals surface area contributed by atoms with E-state index in [1.807, 2.05) is 24.3 Å². The Morgan fingerprint density at radius 3 is 2.59 bits per heavy atom. The standard InChI is InChI=1S/C13H11BrClNO/c14-10-5-3-9(4-6-10)8-12(17)13-11(15)2-1-7-16-13/h1-7,12,17H,8H2. The first kappa shape index (κ1) is 12.6. The summed E-state index contributed by atoms with van der Waals surface area (Å²) in [7, 11) is 0. The summed E-state index contributed by atoms with van der Waals surface area (Å²) in [5.74, 6) is 0. The van der Waals surface area contributed by atoms with Gasteiger partial charge in [0.05, 0.1) is 10.7 Å². The highest BCUT2D eigenvalue weighted by Crippen LogP contribution is 2.23. The predicted molar refractivity (Wildman–Crippen MR) is 72.1 cm³/mol. The quantitative estimate of drug-likeness (QED) is 0.936. The van der Waals surface area contributed by atoms with Gasteiger partial charge in [-0.15, -0.1) is 0 Å². The predicted octanol–water partition coefficient (Wildman–Crippen LogP) is 3.77. The molecule has 0 spiro atoms. The maximum Gasteiger partial charge on any atom is 0.101 e. The molecule has 1 atom stereocenters.